The lowest BCUT2D eigenvalue weighted by Gasteiger charge is -2.30. The first-order valence-electron chi connectivity index (χ1n) is 14.6. The summed E-state index contributed by atoms with van der Waals surface area (Å²) in [7, 11) is 3.74. The zero-order valence-electron chi connectivity index (χ0n) is 24.9. The lowest BCUT2D eigenvalue weighted by Crippen LogP contribution is -2.31. The minimum atomic E-state index is -0.848. The van der Waals surface area contributed by atoms with Gasteiger partial charge in [-0.3, -0.25) is 4.79 Å². The van der Waals surface area contributed by atoms with E-state index in [2.05, 4.69) is 27.2 Å². The minimum Gasteiger partial charge on any atom is -0.496 e. The fourth-order valence-corrected chi connectivity index (χ4v) is 6.01. The maximum atomic E-state index is 13.0. The van der Waals surface area contributed by atoms with E-state index < -0.39 is 6.10 Å². The topological polar surface area (TPSA) is 141 Å². The first kappa shape index (κ1) is 28.6. The van der Waals surface area contributed by atoms with E-state index in [0.717, 1.165) is 59.1 Å². The molecular weight excluding hydrogens is 548 g/mol. The van der Waals surface area contributed by atoms with Gasteiger partial charge in [-0.1, -0.05) is 6.07 Å². The van der Waals surface area contributed by atoms with Gasteiger partial charge in [0, 0.05) is 41.3 Å². The number of rotatable bonds is 9. The molecule has 11 heteroatoms. The van der Waals surface area contributed by atoms with E-state index in [-0.39, 0.29) is 30.6 Å². The number of hydrogen-bond acceptors (Lipinski definition) is 8. The molecule has 0 saturated carbocycles. The number of piperidine rings is 1. The highest BCUT2D eigenvalue weighted by molar-refractivity contribution is 5.99. The van der Waals surface area contributed by atoms with Crippen LogP contribution < -0.4 is 20.3 Å². The van der Waals surface area contributed by atoms with Gasteiger partial charge >= 0.3 is 0 Å². The smallest absolute Gasteiger partial charge is 0.261 e. The molecule has 1 saturated heterocycles. The van der Waals surface area contributed by atoms with Crippen molar-refractivity contribution in [2.45, 2.75) is 38.8 Å². The van der Waals surface area contributed by atoms with E-state index in [9.17, 15) is 15.0 Å². The minimum absolute atomic E-state index is 0.0554. The van der Waals surface area contributed by atoms with Gasteiger partial charge in [-0.2, -0.15) is 0 Å². The number of anilines is 1. The number of aliphatic hydroxyl groups is 1. The van der Waals surface area contributed by atoms with Crippen LogP contribution in [-0.4, -0.2) is 81.1 Å². The van der Waals surface area contributed by atoms with Gasteiger partial charge in [-0.05, 0) is 76.7 Å². The zero-order chi connectivity index (χ0) is 30.2. The van der Waals surface area contributed by atoms with Crippen LogP contribution in [0.2, 0.25) is 0 Å². The van der Waals surface area contributed by atoms with Crippen molar-refractivity contribution >= 4 is 27.5 Å². The monoisotopic (exact) mass is 586 g/mol. The van der Waals surface area contributed by atoms with E-state index in [0.29, 0.717) is 28.3 Å². The molecule has 1 aliphatic heterocycles. The Morgan fingerprint density at radius 1 is 1.19 bits per heavy atom. The summed E-state index contributed by atoms with van der Waals surface area (Å²) in [5.41, 5.74) is 3.81. The number of methoxy groups -OCH3 is 1. The van der Waals surface area contributed by atoms with Gasteiger partial charge < -0.3 is 44.4 Å². The summed E-state index contributed by atoms with van der Waals surface area (Å²) in [6, 6.07) is 9.59. The van der Waals surface area contributed by atoms with Gasteiger partial charge in [0.05, 0.1) is 23.8 Å². The number of hydrogen-bond donors (Lipinski definition) is 5. The van der Waals surface area contributed by atoms with Gasteiger partial charge in [-0.15, -0.1) is 0 Å². The maximum absolute atomic E-state index is 13.0. The van der Waals surface area contributed by atoms with Crippen LogP contribution in [0.25, 0.3) is 33.2 Å². The second-order valence-electron chi connectivity index (χ2n) is 11.4. The number of likely N-dealkylation sites (tertiary alicyclic amines) is 1. The molecule has 5 aromatic rings. The summed E-state index contributed by atoms with van der Waals surface area (Å²) in [6.07, 6.45) is 4.67. The number of ether oxygens (including phenoxy) is 2. The van der Waals surface area contributed by atoms with Crippen LogP contribution in [0.1, 0.15) is 30.0 Å². The Morgan fingerprint density at radius 3 is 2.74 bits per heavy atom. The van der Waals surface area contributed by atoms with Crippen LogP contribution >= 0.6 is 0 Å². The normalized spacial score (nSPS) is 15.3. The molecule has 0 bridgehead atoms. The molecule has 1 atom stereocenters. The summed E-state index contributed by atoms with van der Waals surface area (Å²) in [6.45, 7) is 6.08. The van der Waals surface area contributed by atoms with Crippen LogP contribution in [0.5, 0.6) is 17.4 Å². The lowest BCUT2D eigenvalue weighted by molar-refractivity contribution is 0.117. The van der Waals surface area contributed by atoms with Crippen molar-refractivity contribution in [2.24, 2.45) is 0 Å². The third kappa shape index (κ3) is 5.53. The molecule has 226 valence electrons. The van der Waals surface area contributed by atoms with Gasteiger partial charge in [0.1, 0.15) is 35.6 Å². The molecule has 5 N–H and O–H groups in total. The largest absolute Gasteiger partial charge is 0.496 e. The number of nitrogens with zero attached hydrogens (tertiary/aromatic N) is 3. The highest BCUT2D eigenvalue weighted by Gasteiger charge is 2.23. The van der Waals surface area contributed by atoms with Crippen molar-refractivity contribution in [3.8, 4) is 28.8 Å². The van der Waals surface area contributed by atoms with E-state index in [1.807, 2.05) is 48.9 Å². The number of aromatic nitrogens is 4. The molecule has 0 aliphatic carbocycles. The molecule has 11 nitrogen and oxygen atoms in total. The van der Waals surface area contributed by atoms with Crippen LogP contribution in [0.4, 0.5) is 5.69 Å². The second-order valence-corrected chi connectivity index (χ2v) is 11.4. The average molecular weight is 587 g/mol. The number of fused-ring (bicyclic) bond motifs is 2. The number of H-pyrrole nitrogens is 2. The molecule has 43 heavy (non-hydrogen) atoms. The molecule has 0 spiro atoms. The number of aromatic amines is 2. The molecule has 1 fully saturated rings. The highest BCUT2D eigenvalue weighted by Crippen LogP contribution is 2.36. The summed E-state index contributed by atoms with van der Waals surface area (Å²) < 4.78 is 13.3. The second kappa shape index (κ2) is 11.7. The predicted octanol–water partition coefficient (Wildman–Crippen LogP) is 4.32. The van der Waals surface area contributed by atoms with Gasteiger partial charge in [0.25, 0.3) is 5.56 Å². The van der Waals surface area contributed by atoms with Crippen molar-refractivity contribution in [3.63, 3.8) is 0 Å². The summed E-state index contributed by atoms with van der Waals surface area (Å²) >= 11 is 0. The Kier molecular flexibility index (Phi) is 7.76. The van der Waals surface area contributed by atoms with Crippen LogP contribution in [-0.2, 0) is 0 Å². The van der Waals surface area contributed by atoms with Crippen molar-refractivity contribution < 1.29 is 19.7 Å². The fourth-order valence-electron chi connectivity index (χ4n) is 6.01. The van der Waals surface area contributed by atoms with Crippen molar-refractivity contribution in [3.05, 3.63) is 64.2 Å². The predicted molar refractivity (Wildman–Crippen MR) is 168 cm³/mol. The standard InChI is InChI=1S/C32H38N6O5/c1-18-5-6-27(19(2)29(18)42-4)43-17-22(39)15-34-24-7-10-33-31(40)28(24)30-35-25-13-20-16-38(21-8-11-37(3)12-9-21)32(41)23(20)14-26(25)36-30/h5-7,10,13-14,16,21-22,39,41H,8-9,11-12,15,17H2,1-4H3,(H,35,36)(H2,33,34,40)/t22-/m1/s1. The summed E-state index contributed by atoms with van der Waals surface area (Å²) in [5, 5.41) is 26.6. The lowest BCUT2D eigenvalue weighted by atomic mass is 10.1. The van der Waals surface area contributed by atoms with E-state index in [4.69, 9.17) is 14.5 Å². The number of imidazole rings is 1. The van der Waals surface area contributed by atoms with Gasteiger partial charge in [0.15, 0.2) is 5.88 Å². The molecule has 1 aliphatic rings. The third-order valence-electron chi connectivity index (χ3n) is 8.41. The number of aliphatic hydroxyl groups excluding tert-OH is 1. The number of nitrogens with one attached hydrogen (secondary N) is 3. The Morgan fingerprint density at radius 2 is 1.98 bits per heavy atom. The zero-order valence-corrected chi connectivity index (χ0v) is 24.9. The van der Waals surface area contributed by atoms with Crippen LogP contribution in [0, 0.1) is 13.8 Å². The molecule has 4 heterocycles. The number of pyridine rings is 1. The van der Waals surface area contributed by atoms with E-state index in [1.54, 1.807) is 19.4 Å². The molecular formula is C32H38N6O5. The van der Waals surface area contributed by atoms with E-state index in [1.165, 1.54) is 0 Å². The summed E-state index contributed by atoms with van der Waals surface area (Å²) in [4.78, 5) is 26.0. The first-order valence-corrected chi connectivity index (χ1v) is 14.6. The third-order valence-corrected chi connectivity index (χ3v) is 8.41. The SMILES string of the molecule is COc1c(C)ccc(OC[C@H](O)CNc2cc[nH]c(=O)c2-c2nc3cc4c(O)n(C5CCN(C)CC5)cc4cc3[nH]2)c1C. The quantitative estimate of drug-likeness (QED) is 0.172. The molecule has 3 aromatic heterocycles. The molecule has 0 radical (unpaired) electrons. The number of benzene rings is 2. The van der Waals surface area contributed by atoms with E-state index >= 15 is 0 Å². The maximum Gasteiger partial charge on any atom is 0.261 e. The van der Waals surface area contributed by atoms with Crippen LogP contribution in [0.15, 0.2) is 47.5 Å². The fraction of sp³-hybridized carbons (Fsp3) is 0.375. The average Bonchev–Trinajstić information content (AvgIpc) is 3.54. The molecule has 2 aromatic carbocycles. The summed E-state index contributed by atoms with van der Waals surface area (Å²) in [5.74, 6) is 2.03. The molecule has 0 unspecified atom stereocenters. The van der Waals surface area contributed by atoms with Crippen LogP contribution in [0.3, 0.4) is 0 Å². The number of aryl methyl sites for hydroxylation is 1. The molecule has 6 rings (SSSR count). The van der Waals surface area contributed by atoms with Gasteiger partial charge in [0.2, 0.25) is 0 Å². The Labute approximate surface area is 249 Å². The van der Waals surface area contributed by atoms with Crippen molar-refractivity contribution in [1.82, 2.24) is 24.4 Å². The van der Waals surface area contributed by atoms with Crippen molar-refractivity contribution in [1.29, 1.82) is 0 Å². The first-order chi connectivity index (χ1) is 20.7. The Balaban J connectivity index is 1.20. The molecule has 0 amide bonds. The van der Waals surface area contributed by atoms with Gasteiger partial charge in [-0.25, -0.2) is 4.98 Å². The Hall–Kier alpha value is -4.48. The highest BCUT2D eigenvalue weighted by atomic mass is 16.5. The number of aromatic hydroxyl groups is 1. The van der Waals surface area contributed by atoms with Crippen molar-refractivity contribution in [2.75, 3.05) is 45.7 Å². The Bertz CT molecular complexity index is 1830.